The second kappa shape index (κ2) is 2.88. The topological polar surface area (TPSA) is 84.9 Å². The van der Waals surface area contributed by atoms with Gasteiger partial charge in [0.25, 0.3) is 0 Å². The Labute approximate surface area is 73.1 Å². The van der Waals surface area contributed by atoms with E-state index in [0.717, 1.165) is 0 Å². The first-order chi connectivity index (χ1) is 5.67. The molecule has 1 aliphatic rings. The Kier molecular flexibility index (Phi) is 2.07. The van der Waals surface area contributed by atoms with Gasteiger partial charge in [0, 0.05) is 5.75 Å². The van der Waals surface area contributed by atoms with Gasteiger partial charge >= 0.3 is 5.97 Å². The van der Waals surface area contributed by atoms with E-state index < -0.39 is 11.4 Å². The predicted octanol–water partition coefficient (Wildman–Crippen LogP) is 0.735. The molecule has 1 N–H and O–H groups in total. The van der Waals surface area contributed by atoms with Crippen LogP contribution in [0.15, 0.2) is 11.0 Å². The maximum atomic E-state index is 10.7. The van der Waals surface area contributed by atoms with Gasteiger partial charge in [-0.25, -0.2) is 0 Å². The van der Waals surface area contributed by atoms with Crippen LogP contribution in [0.5, 0.6) is 0 Å². The predicted molar refractivity (Wildman–Crippen MR) is 41.8 cm³/mol. The number of hydrogen-bond donors (Lipinski definition) is 1. The van der Waals surface area contributed by atoms with Crippen molar-refractivity contribution in [1.82, 2.24) is 0 Å². The van der Waals surface area contributed by atoms with Crippen molar-refractivity contribution < 1.29 is 9.90 Å². The molecule has 60 valence electrons. The Balaban J connectivity index is 3.16. The lowest BCUT2D eigenvalue weighted by Crippen LogP contribution is -2.31. The second-order valence-electron chi connectivity index (χ2n) is 2.28. The minimum absolute atomic E-state index is 0.0301. The van der Waals surface area contributed by atoms with Gasteiger partial charge in [-0.05, 0) is 5.41 Å². The van der Waals surface area contributed by atoms with E-state index in [4.69, 9.17) is 15.6 Å². The summed E-state index contributed by atoms with van der Waals surface area (Å²) in [6.07, 6.45) is 0. The minimum Gasteiger partial charge on any atom is -0.480 e. The quantitative estimate of drug-likeness (QED) is 0.643. The summed E-state index contributed by atoms with van der Waals surface area (Å²) in [7, 11) is 0. The molecule has 0 saturated heterocycles. The molecule has 1 unspecified atom stereocenters. The molecule has 1 atom stereocenters. The molecule has 1 aliphatic heterocycles. The number of rotatable bonds is 1. The summed E-state index contributed by atoms with van der Waals surface area (Å²) in [6.45, 7) is 0. The van der Waals surface area contributed by atoms with Crippen molar-refractivity contribution in [3.8, 4) is 12.1 Å². The average Bonchev–Trinajstić information content (AvgIpc) is 2.47. The molecule has 0 radical (unpaired) electrons. The fourth-order valence-corrected chi connectivity index (χ4v) is 1.96. The van der Waals surface area contributed by atoms with Crippen molar-refractivity contribution in [2.75, 3.05) is 5.75 Å². The molecule has 0 saturated carbocycles. The van der Waals surface area contributed by atoms with Crippen molar-refractivity contribution in [2.45, 2.75) is 0 Å². The van der Waals surface area contributed by atoms with Crippen molar-refractivity contribution in [3.63, 3.8) is 0 Å². The number of aliphatic carboxylic acids is 1. The summed E-state index contributed by atoms with van der Waals surface area (Å²) < 4.78 is 0. The van der Waals surface area contributed by atoms with Gasteiger partial charge in [-0.2, -0.15) is 10.5 Å². The molecular formula is C7H4N2O2S. The molecule has 12 heavy (non-hydrogen) atoms. The molecule has 0 spiro atoms. The number of carboxylic acids is 1. The zero-order valence-electron chi connectivity index (χ0n) is 5.94. The summed E-state index contributed by atoms with van der Waals surface area (Å²) >= 11 is 1.18. The lowest BCUT2D eigenvalue weighted by molar-refractivity contribution is -0.142. The number of nitrogens with zero attached hydrogens (tertiary/aromatic N) is 2. The van der Waals surface area contributed by atoms with Crippen LogP contribution in [0.2, 0.25) is 0 Å². The van der Waals surface area contributed by atoms with Crippen LogP contribution in [0.1, 0.15) is 0 Å². The molecule has 0 amide bonds. The monoisotopic (exact) mass is 180 g/mol. The van der Waals surface area contributed by atoms with E-state index in [-0.39, 0.29) is 11.3 Å². The summed E-state index contributed by atoms with van der Waals surface area (Å²) in [6, 6.07) is 3.39. The molecule has 0 aromatic rings. The Morgan fingerprint density at radius 3 is 2.75 bits per heavy atom. The van der Waals surface area contributed by atoms with Crippen LogP contribution in [-0.2, 0) is 4.79 Å². The van der Waals surface area contributed by atoms with Crippen molar-refractivity contribution in [1.29, 1.82) is 10.5 Å². The number of nitriles is 2. The average molecular weight is 180 g/mol. The van der Waals surface area contributed by atoms with Crippen LogP contribution in [0.4, 0.5) is 0 Å². The first-order valence-corrected chi connectivity index (χ1v) is 4.09. The largest absolute Gasteiger partial charge is 0.480 e. The zero-order chi connectivity index (χ0) is 9.19. The standard InChI is InChI=1S/C7H4N2O2S/c8-1-5-2-12-4-7(5,3-9)6(10)11/h2H,4H2,(H,10,11). The Morgan fingerprint density at radius 1 is 1.75 bits per heavy atom. The highest BCUT2D eigenvalue weighted by atomic mass is 32.2. The van der Waals surface area contributed by atoms with E-state index in [2.05, 4.69) is 0 Å². The molecule has 0 aromatic heterocycles. The molecule has 0 aromatic carbocycles. The van der Waals surface area contributed by atoms with Crippen LogP contribution >= 0.6 is 11.8 Å². The van der Waals surface area contributed by atoms with Crippen LogP contribution in [0, 0.1) is 28.1 Å². The molecule has 0 bridgehead atoms. The van der Waals surface area contributed by atoms with Crippen LogP contribution in [0.3, 0.4) is 0 Å². The van der Waals surface area contributed by atoms with Gasteiger partial charge in [-0.15, -0.1) is 11.8 Å². The van der Waals surface area contributed by atoms with E-state index in [0.29, 0.717) is 0 Å². The highest BCUT2D eigenvalue weighted by molar-refractivity contribution is 8.02. The van der Waals surface area contributed by atoms with Gasteiger partial charge in [0.1, 0.15) is 0 Å². The number of carbonyl (C=O) groups is 1. The van der Waals surface area contributed by atoms with Crippen molar-refractivity contribution >= 4 is 17.7 Å². The summed E-state index contributed by atoms with van der Waals surface area (Å²) in [4.78, 5) is 10.7. The summed E-state index contributed by atoms with van der Waals surface area (Å²) in [5, 5.41) is 27.4. The maximum Gasteiger partial charge on any atom is 0.330 e. The zero-order valence-corrected chi connectivity index (χ0v) is 6.76. The first kappa shape index (κ1) is 8.63. The third-order valence-corrected chi connectivity index (χ3v) is 2.64. The lowest BCUT2D eigenvalue weighted by Gasteiger charge is -2.12. The van der Waals surface area contributed by atoms with Crippen LogP contribution < -0.4 is 0 Å². The molecule has 5 heteroatoms. The van der Waals surface area contributed by atoms with Gasteiger partial charge in [0.15, 0.2) is 5.41 Å². The molecular weight excluding hydrogens is 176 g/mol. The second-order valence-corrected chi connectivity index (χ2v) is 3.13. The van der Waals surface area contributed by atoms with E-state index in [1.54, 1.807) is 12.1 Å². The Morgan fingerprint density at radius 2 is 2.42 bits per heavy atom. The van der Waals surface area contributed by atoms with Gasteiger partial charge < -0.3 is 5.11 Å². The molecule has 1 heterocycles. The first-order valence-electron chi connectivity index (χ1n) is 3.04. The number of carboxylic acid groups (broad SMARTS) is 1. The van der Waals surface area contributed by atoms with Crippen molar-refractivity contribution in [3.05, 3.63) is 11.0 Å². The van der Waals surface area contributed by atoms with Crippen molar-refractivity contribution in [2.24, 2.45) is 5.41 Å². The van der Waals surface area contributed by atoms with Crippen LogP contribution in [0.25, 0.3) is 0 Å². The third-order valence-electron chi connectivity index (χ3n) is 1.64. The Bertz CT molecular complexity index is 336. The van der Waals surface area contributed by atoms with E-state index in [9.17, 15) is 4.79 Å². The Hall–Kier alpha value is -1.46. The molecule has 0 fully saturated rings. The highest BCUT2D eigenvalue weighted by Crippen LogP contribution is 2.38. The minimum atomic E-state index is -1.61. The smallest absolute Gasteiger partial charge is 0.330 e. The SMILES string of the molecule is N#CC1=CSCC1(C#N)C(=O)O. The van der Waals surface area contributed by atoms with E-state index in [1.165, 1.54) is 17.2 Å². The molecule has 0 aliphatic carbocycles. The third kappa shape index (κ3) is 0.956. The highest BCUT2D eigenvalue weighted by Gasteiger charge is 2.46. The molecule has 4 nitrogen and oxygen atoms in total. The van der Waals surface area contributed by atoms with Crippen LogP contribution in [-0.4, -0.2) is 16.8 Å². The number of thioether (sulfide) groups is 1. The normalized spacial score (nSPS) is 27.0. The lowest BCUT2D eigenvalue weighted by atomic mass is 9.85. The number of hydrogen-bond acceptors (Lipinski definition) is 4. The van der Waals surface area contributed by atoms with E-state index in [1.807, 2.05) is 0 Å². The fraction of sp³-hybridized carbons (Fsp3) is 0.286. The maximum absolute atomic E-state index is 10.7. The van der Waals surface area contributed by atoms with Gasteiger partial charge in [0.2, 0.25) is 0 Å². The summed E-state index contributed by atoms with van der Waals surface area (Å²) in [5.41, 5.74) is -1.58. The van der Waals surface area contributed by atoms with Gasteiger partial charge in [-0.1, -0.05) is 0 Å². The van der Waals surface area contributed by atoms with Gasteiger partial charge in [0.05, 0.1) is 17.7 Å². The fourth-order valence-electron chi connectivity index (χ4n) is 0.867. The van der Waals surface area contributed by atoms with E-state index >= 15 is 0 Å². The summed E-state index contributed by atoms with van der Waals surface area (Å²) in [5.74, 6) is -1.12. The molecule has 1 rings (SSSR count). The van der Waals surface area contributed by atoms with Gasteiger partial charge in [-0.3, -0.25) is 4.79 Å².